The molecule has 1 fully saturated rings. The molecule has 1 aromatic rings. The molecule has 1 heterocycles. The molecule has 1 aliphatic heterocycles. The summed E-state index contributed by atoms with van der Waals surface area (Å²) in [4.78, 5) is -0.0681. The second-order valence-electron chi connectivity index (χ2n) is 4.05. The number of benzene rings is 1. The van der Waals surface area contributed by atoms with Crippen LogP contribution in [0.1, 0.15) is 0 Å². The highest BCUT2D eigenvalue weighted by Crippen LogP contribution is 2.21. The normalized spacial score (nSPS) is 27.2. The van der Waals surface area contributed by atoms with Crippen molar-refractivity contribution in [3.63, 3.8) is 0 Å². The van der Waals surface area contributed by atoms with Crippen molar-refractivity contribution >= 4 is 20.0 Å². The molecule has 1 N–H and O–H groups in total. The van der Waals surface area contributed by atoms with Gasteiger partial charge in [-0.1, -0.05) is 18.2 Å². The minimum atomic E-state index is -4.05. The maximum atomic E-state index is 11.8. The Morgan fingerprint density at radius 2 is 1.78 bits per heavy atom. The summed E-state index contributed by atoms with van der Waals surface area (Å²) in [5, 5.41) is 9.47. The summed E-state index contributed by atoms with van der Waals surface area (Å²) in [5.74, 6) is -0.956. The van der Waals surface area contributed by atoms with Gasteiger partial charge in [0.25, 0.3) is 10.1 Å². The van der Waals surface area contributed by atoms with Crippen LogP contribution in [0.15, 0.2) is 35.2 Å². The topological polar surface area (TPSA) is 97.7 Å². The second kappa shape index (κ2) is 4.61. The van der Waals surface area contributed by atoms with Crippen molar-refractivity contribution in [2.75, 3.05) is 11.5 Å². The van der Waals surface area contributed by atoms with Crippen molar-refractivity contribution in [3.8, 4) is 0 Å². The molecule has 1 aliphatic rings. The van der Waals surface area contributed by atoms with Gasteiger partial charge in [0.1, 0.15) is 6.10 Å². The lowest BCUT2D eigenvalue weighted by molar-refractivity contribution is 0.0780. The number of hydrogen-bond acceptors (Lipinski definition) is 6. The zero-order chi connectivity index (χ0) is 13.4. The molecule has 0 bridgehead atoms. The van der Waals surface area contributed by atoms with Crippen molar-refractivity contribution in [1.82, 2.24) is 0 Å². The van der Waals surface area contributed by atoms with E-state index in [0.717, 1.165) is 0 Å². The SMILES string of the molecule is O=S1(=O)C[C@H](OS(=O)(=O)c2ccccc2)[C@@H](O)C1. The van der Waals surface area contributed by atoms with Crippen LogP contribution >= 0.6 is 0 Å². The van der Waals surface area contributed by atoms with Crippen molar-refractivity contribution in [1.29, 1.82) is 0 Å². The van der Waals surface area contributed by atoms with Crippen LogP contribution in [0, 0.1) is 0 Å². The van der Waals surface area contributed by atoms with Crippen LogP contribution in [0.5, 0.6) is 0 Å². The quantitative estimate of drug-likeness (QED) is 0.758. The van der Waals surface area contributed by atoms with E-state index in [-0.39, 0.29) is 4.90 Å². The van der Waals surface area contributed by atoms with E-state index in [9.17, 15) is 21.9 Å². The average molecular weight is 292 g/mol. The summed E-state index contributed by atoms with van der Waals surface area (Å²) >= 11 is 0. The molecule has 18 heavy (non-hydrogen) atoms. The Morgan fingerprint density at radius 1 is 1.17 bits per heavy atom. The molecule has 2 atom stereocenters. The Kier molecular flexibility index (Phi) is 3.45. The van der Waals surface area contributed by atoms with Gasteiger partial charge in [-0.15, -0.1) is 0 Å². The third-order valence-electron chi connectivity index (χ3n) is 2.55. The lowest BCUT2D eigenvalue weighted by Crippen LogP contribution is -2.29. The Balaban J connectivity index is 2.20. The van der Waals surface area contributed by atoms with E-state index < -0.39 is 43.7 Å². The highest BCUT2D eigenvalue weighted by atomic mass is 32.2. The molecule has 0 saturated carbocycles. The first-order valence-corrected chi connectivity index (χ1v) is 8.40. The van der Waals surface area contributed by atoms with Gasteiger partial charge in [-0.25, -0.2) is 8.42 Å². The van der Waals surface area contributed by atoms with Crippen molar-refractivity contribution in [2.45, 2.75) is 17.1 Å². The van der Waals surface area contributed by atoms with Crippen molar-refractivity contribution in [3.05, 3.63) is 30.3 Å². The number of hydrogen-bond donors (Lipinski definition) is 1. The Bertz CT molecular complexity index is 620. The molecule has 0 aromatic heterocycles. The summed E-state index contributed by atoms with van der Waals surface area (Å²) < 4.78 is 50.9. The largest absolute Gasteiger partial charge is 0.389 e. The molecule has 8 heteroatoms. The fourth-order valence-corrected chi connectivity index (χ4v) is 4.57. The minimum Gasteiger partial charge on any atom is -0.389 e. The average Bonchev–Trinajstić information content (AvgIpc) is 2.52. The number of aliphatic hydroxyl groups excluding tert-OH is 1. The third-order valence-corrected chi connectivity index (χ3v) is 5.59. The van der Waals surface area contributed by atoms with E-state index >= 15 is 0 Å². The number of aliphatic hydroxyl groups is 1. The van der Waals surface area contributed by atoms with E-state index in [4.69, 9.17) is 4.18 Å². The zero-order valence-corrected chi connectivity index (χ0v) is 10.9. The smallest absolute Gasteiger partial charge is 0.297 e. The van der Waals surface area contributed by atoms with Crippen LogP contribution in [-0.4, -0.2) is 45.7 Å². The van der Waals surface area contributed by atoms with Gasteiger partial charge in [0.15, 0.2) is 9.84 Å². The maximum Gasteiger partial charge on any atom is 0.297 e. The molecule has 0 radical (unpaired) electrons. The fraction of sp³-hybridized carbons (Fsp3) is 0.400. The van der Waals surface area contributed by atoms with Crippen LogP contribution in [0.25, 0.3) is 0 Å². The summed E-state index contributed by atoms with van der Waals surface area (Å²) in [6.45, 7) is 0. The Hall–Kier alpha value is -0.960. The highest BCUT2D eigenvalue weighted by molar-refractivity contribution is 7.91. The van der Waals surface area contributed by atoms with Crippen LogP contribution < -0.4 is 0 Å². The van der Waals surface area contributed by atoms with Gasteiger partial charge in [-0.2, -0.15) is 8.42 Å². The highest BCUT2D eigenvalue weighted by Gasteiger charge is 2.40. The van der Waals surface area contributed by atoms with E-state index in [1.807, 2.05) is 0 Å². The molecular formula is C10H12O6S2. The minimum absolute atomic E-state index is 0.0681. The predicted molar refractivity (Wildman–Crippen MR) is 63.2 cm³/mol. The van der Waals surface area contributed by atoms with Gasteiger partial charge in [0, 0.05) is 0 Å². The first kappa shape index (κ1) is 13.5. The van der Waals surface area contributed by atoms with Crippen molar-refractivity contribution < 1.29 is 26.1 Å². The van der Waals surface area contributed by atoms with E-state index in [2.05, 4.69) is 0 Å². The molecule has 0 spiro atoms. The van der Waals surface area contributed by atoms with Crippen LogP contribution in [0.2, 0.25) is 0 Å². The van der Waals surface area contributed by atoms with Crippen LogP contribution in [0.4, 0.5) is 0 Å². The lowest BCUT2D eigenvalue weighted by atomic mass is 10.3. The standard InChI is InChI=1S/C10H12O6S2/c11-9-6-17(12,13)7-10(9)16-18(14,15)8-4-2-1-3-5-8/h1-5,9-11H,6-7H2/t9-,10-/m0/s1. The summed E-state index contributed by atoms with van der Waals surface area (Å²) in [6.07, 6.45) is -2.55. The fourth-order valence-electron chi connectivity index (χ4n) is 1.69. The Morgan fingerprint density at radius 3 is 2.28 bits per heavy atom. The maximum absolute atomic E-state index is 11.8. The summed E-state index contributed by atoms with van der Waals surface area (Å²) in [7, 11) is -7.49. The van der Waals surface area contributed by atoms with Crippen molar-refractivity contribution in [2.24, 2.45) is 0 Å². The second-order valence-corrected chi connectivity index (χ2v) is 7.77. The summed E-state index contributed by atoms with van der Waals surface area (Å²) in [6, 6.07) is 7.38. The van der Waals surface area contributed by atoms with E-state index in [0.29, 0.717) is 0 Å². The predicted octanol–water partition coefficient (Wildman–Crippen LogP) is -0.450. The first-order chi connectivity index (χ1) is 8.30. The third kappa shape index (κ3) is 2.89. The van der Waals surface area contributed by atoms with Gasteiger partial charge in [0.05, 0.1) is 22.5 Å². The van der Waals surface area contributed by atoms with Gasteiger partial charge >= 0.3 is 0 Å². The Labute approximate surface area is 105 Å². The molecular weight excluding hydrogens is 280 g/mol. The molecule has 1 saturated heterocycles. The van der Waals surface area contributed by atoms with Gasteiger partial charge < -0.3 is 5.11 Å². The molecule has 0 amide bonds. The van der Waals surface area contributed by atoms with Crippen LogP contribution in [-0.2, 0) is 24.1 Å². The number of sulfone groups is 1. The zero-order valence-electron chi connectivity index (χ0n) is 9.26. The molecule has 6 nitrogen and oxygen atoms in total. The first-order valence-electron chi connectivity index (χ1n) is 5.17. The molecule has 0 unspecified atom stereocenters. The van der Waals surface area contributed by atoms with Gasteiger partial charge in [0.2, 0.25) is 0 Å². The molecule has 1 aromatic carbocycles. The number of rotatable bonds is 3. The van der Waals surface area contributed by atoms with Gasteiger partial charge in [-0.05, 0) is 12.1 Å². The summed E-state index contributed by atoms with van der Waals surface area (Å²) in [5.41, 5.74) is 0. The van der Waals surface area contributed by atoms with E-state index in [1.54, 1.807) is 6.07 Å². The molecule has 100 valence electrons. The molecule has 2 rings (SSSR count). The van der Waals surface area contributed by atoms with Crippen LogP contribution in [0.3, 0.4) is 0 Å². The van der Waals surface area contributed by atoms with Gasteiger partial charge in [-0.3, -0.25) is 4.18 Å². The monoisotopic (exact) mass is 292 g/mol. The molecule has 0 aliphatic carbocycles. The van der Waals surface area contributed by atoms with E-state index in [1.165, 1.54) is 24.3 Å². The lowest BCUT2D eigenvalue weighted by Gasteiger charge is -2.13.